The minimum atomic E-state index is -0.550. The fourth-order valence-corrected chi connectivity index (χ4v) is 1.80. The Morgan fingerprint density at radius 3 is 3.00 bits per heavy atom. The van der Waals surface area contributed by atoms with Crippen LogP contribution in [0, 0.1) is 0 Å². The fraction of sp³-hybridized carbons (Fsp3) is 0.889. The zero-order valence-corrected chi connectivity index (χ0v) is 10.1. The molecule has 13 heavy (non-hydrogen) atoms. The van der Waals surface area contributed by atoms with Crippen LogP contribution in [0.1, 0.15) is 26.2 Å². The predicted molar refractivity (Wildman–Crippen MR) is 60.1 cm³/mol. The number of amides is 1. The standard InChI is InChI=1S/C9H16INO2/c1-9(4-2-7-13-9)8(12)11-6-3-5-10/h2-7H2,1H3,(H,11,12). The van der Waals surface area contributed by atoms with Gasteiger partial charge in [-0.05, 0) is 26.2 Å². The Hall–Kier alpha value is 0.160. The molecule has 0 aliphatic carbocycles. The van der Waals surface area contributed by atoms with Crippen molar-refractivity contribution in [2.24, 2.45) is 0 Å². The smallest absolute Gasteiger partial charge is 0.251 e. The van der Waals surface area contributed by atoms with E-state index < -0.39 is 5.60 Å². The van der Waals surface area contributed by atoms with E-state index in [0.29, 0.717) is 0 Å². The summed E-state index contributed by atoms with van der Waals surface area (Å²) < 4.78 is 6.50. The Balaban J connectivity index is 2.29. The molecule has 1 saturated heterocycles. The Kier molecular flexibility index (Phi) is 4.45. The lowest BCUT2D eigenvalue weighted by atomic mass is 10.0. The van der Waals surface area contributed by atoms with Crippen LogP contribution >= 0.6 is 22.6 Å². The Labute approximate surface area is 92.7 Å². The number of hydrogen-bond donors (Lipinski definition) is 1. The van der Waals surface area contributed by atoms with Gasteiger partial charge in [-0.2, -0.15) is 0 Å². The number of hydrogen-bond acceptors (Lipinski definition) is 2. The average Bonchev–Trinajstić information content (AvgIpc) is 2.54. The lowest BCUT2D eigenvalue weighted by Gasteiger charge is -2.21. The second kappa shape index (κ2) is 5.14. The molecular formula is C9H16INO2. The van der Waals surface area contributed by atoms with Crippen LogP contribution in [0.2, 0.25) is 0 Å². The molecule has 1 unspecified atom stereocenters. The van der Waals surface area contributed by atoms with Gasteiger partial charge in [0.1, 0.15) is 5.60 Å². The molecule has 1 N–H and O–H groups in total. The van der Waals surface area contributed by atoms with Crippen LogP contribution in [-0.2, 0) is 9.53 Å². The molecule has 1 aliphatic rings. The summed E-state index contributed by atoms with van der Waals surface area (Å²) in [5.41, 5.74) is -0.550. The number of carbonyl (C=O) groups is 1. The Bertz CT molecular complexity index is 178. The van der Waals surface area contributed by atoms with E-state index in [1.165, 1.54) is 0 Å². The van der Waals surface area contributed by atoms with Crippen molar-refractivity contribution in [2.45, 2.75) is 31.8 Å². The van der Waals surface area contributed by atoms with Crippen molar-refractivity contribution in [1.29, 1.82) is 0 Å². The minimum absolute atomic E-state index is 0.0508. The van der Waals surface area contributed by atoms with Crippen LogP contribution < -0.4 is 5.32 Å². The summed E-state index contributed by atoms with van der Waals surface area (Å²) in [6.07, 6.45) is 2.88. The normalized spacial score (nSPS) is 27.5. The zero-order chi connectivity index (χ0) is 9.73. The third-order valence-electron chi connectivity index (χ3n) is 2.30. The van der Waals surface area contributed by atoms with Gasteiger partial charge in [0.2, 0.25) is 0 Å². The van der Waals surface area contributed by atoms with E-state index in [2.05, 4.69) is 27.9 Å². The maximum absolute atomic E-state index is 11.6. The molecule has 1 aliphatic heterocycles. The van der Waals surface area contributed by atoms with E-state index >= 15 is 0 Å². The third-order valence-corrected chi connectivity index (χ3v) is 3.06. The third kappa shape index (κ3) is 3.09. The molecule has 0 aromatic heterocycles. The highest BCUT2D eigenvalue weighted by Crippen LogP contribution is 2.24. The first-order valence-corrected chi connectivity index (χ1v) is 6.20. The number of carbonyl (C=O) groups excluding carboxylic acids is 1. The summed E-state index contributed by atoms with van der Waals surface area (Å²) in [4.78, 5) is 11.6. The first-order chi connectivity index (χ1) is 6.19. The molecule has 0 aromatic rings. The Morgan fingerprint density at radius 1 is 1.69 bits per heavy atom. The summed E-state index contributed by atoms with van der Waals surface area (Å²) in [6, 6.07) is 0. The molecule has 1 amide bonds. The molecule has 0 saturated carbocycles. The number of alkyl halides is 1. The summed E-state index contributed by atoms with van der Waals surface area (Å²) in [7, 11) is 0. The summed E-state index contributed by atoms with van der Waals surface area (Å²) in [5.74, 6) is 0.0508. The molecule has 0 spiro atoms. The molecular weight excluding hydrogens is 281 g/mol. The van der Waals surface area contributed by atoms with Crippen molar-refractivity contribution >= 4 is 28.5 Å². The van der Waals surface area contributed by atoms with Gasteiger partial charge >= 0.3 is 0 Å². The molecule has 1 fully saturated rings. The summed E-state index contributed by atoms with van der Waals surface area (Å²) >= 11 is 2.30. The average molecular weight is 297 g/mol. The van der Waals surface area contributed by atoms with Crippen LogP contribution in [0.4, 0.5) is 0 Å². The molecule has 0 radical (unpaired) electrons. The van der Waals surface area contributed by atoms with Crippen molar-refractivity contribution in [2.75, 3.05) is 17.6 Å². The van der Waals surface area contributed by atoms with Crippen molar-refractivity contribution < 1.29 is 9.53 Å². The highest BCUT2D eigenvalue weighted by molar-refractivity contribution is 14.1. The second-order valence-electron chi connectivity index (χ2n) is 3.48. The van der Waals surface area contributed by atoms with E-state index in [-0.39, 0.29) is 5.91 Å². The molecule has 76 valence electrons. The largest absolute Gasteiger partial charge is 0.365 e. The monoisotopic (exact) mass is 297 g/mol. The molecule has 1 atom stereocenters. The van der Waals surface area contributed by atoms with Gasteiger partial charge in [0, 0.05) is 17.6 Å². The van der Waals surface area contributed by atoms with Crippen LogP contribution in [0.5, 0.6) is 0 Å². The lowest BCUT2D eigenvalue weighted by Crippen LogP contribution is -2.44. The van der Waals surface area contributed by atoms with Gasteiger partial charge in [0.05, 0.1) is 0 Å². The SMILES string of the molecule is CC1(C(=O)NCCCI)CCCO1. The van der Waals surface area contributed by atoms with Gasteiger partial charge in [-0.15, -0.1) is 0 Å². The quantitative estimate of drug-likeness (QED) is 0.485. The number of nitrogens with one attached hydrogen (secondary N) is 1. The molecule has 4 heteroatoms. The number of ether oxygens (including phenoxy) is 1. The van der Waals surface area contributed by atoms with Gasteiger partial charge in [-0.1, -0.05) is 22.6 Å². The molecule has 0 bridgehead atoms. The maximum Gasteiger partial charge on any atom is 0.251 e. The highest BCUT2D eigenvalue weighted by atomic mass is 127. The van der Waals surface area contributed by atoms with Crippen LogP contribution in [-0.4, -0.2) is 29.1 Å². The molecule has 1 rings (SSSR count). The van der Waals surface area contributed by atoms with E-state index in [0.717, 1.165) is 36.8 Å². The topological polar surface area (TPSA) is 38.3 Å². The molecule has 1 heterocycles. The fourth-order valence-electron chi connectivity index (χ4n) is 1.41. The van der Waals surface area contributed by atoms with Gasteiger partial charge < -0.3 is 10.1 Å². The maximum atomic E-state index is 11.6. The predicted octanol–water partition coefficient (Wildman–Crippen LogP) is 1.50. The zero-order valence-electron chi connectivity index (χ0n) is 7.94. The summed E-state index contributed by atoms with van der Waals surface area (Å²) in [6.45, 7) is 3.36. The molecule has 3 nitrogen and oxygen atoms in total. The van der Waals surface area contributed by atoms with E-state index in [9.17, 15) is 4.79 Å². The van der Waals surface area contributed by atoms with Crippen molar-refractivity contribution in [3.8, 4) is 0 Å². The molecule has 0 aromatic carbocycles. The van der Waals surface area contributed by atoms with Gasteiger partial charge in [0.15, 0.2) is 0 Å². The van der Waals surface area contributed by atoms with Crippen molar-refractivity contribution in [1.82, 2.24) is 5.32 Å². The van der Waals surface area contributed by atoms with Gasteiger partial charge in [0.25, 0.3) is 5.91 Å². The minimum Gasteiger partial charge on any atom is -0.365 e. The van der Waals surface area contributed by atoms with Gasteiger partial charge in [-0.25, -0.2) is 0 Å². The van der Waals surface area contributed by atoms with Crippen LogP contribution in [0.3, 0.4) is 0 Å². The number of halogens is 1. The Morgan fingerprint density at radius 2 is 2.46 bits per heavy atom. The van der Waals surface area contributed by atoms with Gasteiger partial charge in [-0.3, -0.25) is 4.79 Å². The van der Waals surface area contributed by atoms with E-state index in [1.54, 1.807) is 0 Å². The van der Waals surface area contributed by atoms with E-state index in [4.69, 9.17) is 4.74 Å². The first-order valence-electron chi connectivity index (χ1n) is 4.67. The van der Waals surface area contributed by atoms with Crippen molar-refractivity contribution in [3.05, 3.63) is 0 Å². The van der Waals surface area contributed by atoms with Crippen LogP contribution in [0.15, 0.2) is 0 Å². The first kappa shape index (κ1) is 11.2. The summed E-state index contributed by atoms with van der Waals surface area (Å²) in [5, 5.41) is 2.90. The lowest BCUT2D eigenvalue weighted by molar-refractivity contribution is -0.139. The van der Waals surface area contributed by atoms with Crippen molar-refractivity contribution in [3.63, 3.8) is 0 Å². The highest BCUT2D eigenvalue weighted by Gasteiger charge is 2.37. The number of rotatable bonds is 4. The van der Waals surface area contributed by atoms with Crippen LogP contribution in [0.25, 0.3) is 0 Å². The second-order valence-corrected chi connectivity index (χ2v) is 4.56. The van der Waals surface area contributed by atoms with E-state index in [1.807, 2.05) is 6.92 Å².